The first-order valence-electron chi connectivity index (χ1n) is 5.48. The Kier molecular flexibility index (Phi) is 3.81. The summed E-state index contributed by atoms with van der Waals surface area (Å²) < 4.78 is 1.41. The first-order valence-corrected chi connectivity index (χ1v) is 5.48. The van der Waals surface area contributed by atoms with Crippen LogP contribution in [0.3, 0.4) is 0 Å². The van der Waals surface area contributed by atoms with E-state index in [4.69, 9.17) is 5.11 Å². The van der Waals surface area contributed by atoms with Crippen LogP contribution in [0.25, 0.3) is 5.82 Å². The second kappa shape index (κ2) is 5.71. The van der Waals surface area contributed by atoms with Crippen molar-refractivity contribution in [3.8, 4) is 5.82 Å². The van der Waals surface area contributed by atoms with Crippen molar-refractivity contribution < 1.29 is 14.7 Å². The van der Waals surface area contributed by atoms with Crippen molar-refractivity contribution in [2.24, 2.45) is 0 Å². The number of aromatic nitrogens is 4. The van der Waals surface area contributed by atoms with Crippen LogP contribution in [-0.4, -0.2) is 36.7 Å². The molecule has 8 nitrogen and oxygen atoms in total. The molecule has 0 aliphatic rings. The van der Waals surface area contributed by atoms with Crippen molar-refractivity contribution in [3.05, 3.63) is 31.0 Å². The summed E-state index contributed by atoms with van der Waals surface area (Å²) in [4.78, 5) is 29.9. The standard InChI is InChI=1S/C11H11N5O3/c17-9(3-4-10(18)19)15-8-2-1-5-13-11(8)16-7-12-6-14-16/h1-2,5-7H,3-4H2,(H,15,17)(H,18,19). The summed E-state index contributed by atoms with van der Waals surface area (Å²) >= 11 is 0. The number of carboxylic acids is 1. The molecule has 2 rings (SSSR count). The Morgan fingerprint density at radius 2 is 2.21 bits per heavy atom. The molecule has 2 N–H and O–H groups in total. The molecule has 2 heterocycles. The first-order chi connectivity index (χ1) is 9.16. The zero-order valence-corrected chi connectivity index (χ0v) is 9.85. The number of aliphatic carboxylic acids is 1. The number of amides is 1. The molecular weight excluding hydrogens is 250 g/mol. The highest BCUT2D eigenvalue weighted by molar-refractivity contribution is 5.93. The van der Waals surface area contributed by atoms with Gasteiger partial charge in [0.2, 0.25) is 5.91 Å². The monoisotopic (exact) mass is 261 g/mol. The Balaban J connectivity index is 2.12. The molecule has 0 aliphatic heterocycles. The third-order valence-corrected chi connectivity index (χ3v) is 2.26. The second-order valence-corrected chi connectivity index (χ2v) is 3.66. The maximum Gasteiger partial charge on any atom is 0.303 e. The van der Waals surface area contributed by atoms with Gasteiger partial charge in [-0.1, -0.05) is 0 Å². The van der Waals surface area contributed by atoms with Crippen LogP contribution in [0.15, 0.2) is 31.0 Å². The fourth-order valence-electron chi connectivity index (χ4n) is 1.43. The fraction of sp³-hybridized carbons (Fsp3) is 0.182. The number of hydrogen-bond donors (Lipinski definition) is 2. The van der Waals surface area contributed by atoms with E-state index in [0.717, 1.165) is 0 Å². The van der Waals surface area contributed by atoms with E-state index in [9.17, 15) is 9.59 Å². The lowest BCUT2D eigenvalue weighted by Crippen LogP contribution is -2.15. The Morgan fingerprint density at radius 1 is 1.37 bits per heavy atom. The number of carbonyl (C=O) groups is 2. The first kappa shape index (κ1) is 12.7. The topological polar surface area (TPSA) is 110 Å². The average Bonchev–Trinajstić information content (AvgIpc) is 2.91. The van der Waals surface area contributed by atoms with Crippen LogP contribution >= 0.6 is 0 Å². The van der Waals surface area contributed by atoms with Gasteiger partial charge in [0.05, 0.1) is 12.1 Å². The van der Waals surface area contributed by atoms with E-state index in [-0.39, 0.29) is 12.8 Å². The minimum Gasteiger partial charge on any atom is -0.481 e. The van der Waals surface area contributed by atoms with E-state index in [1.54, 1.807) is 18.3 Å². The van der Waals surface area contributed by atoms with Gasteiger partial charge in [0, 0.05) is 12.6 Å². The highest BCUT2D eigenvalue weighted by Gasteiger charge is 2.10. The maximum atomic E-state index is 11.6. The van der Waals surface area contributed by atoms with Crippen LogP contribution in [0, 0.1) is 0 Å². The van der Waals surface area contributed by atoms with Gasteiger partial charge in [-0.3, -0.25) is 9.59 Å². The van der Waals surface area contributed by atoms with Crippen LogP contribution in [-0.2, 0) is 9.59 Å². The van der Waals surface area contributed by atoms with Gasteiger partial charge < -0.3 is 10.4 Å². The third-order valence-electron chi connectivity index (χ3n) is 2.26. The van der Waals surface area contributed by atoms with Gasteiger partial charge in [-0.05, 0) is 12.1 Å². The van der Waals surface area contributed by atoms with Gasteiger partial charge in [-0.15, -0.1) is 0 Å². The number of hydrogen-bond acceptors (Lipinski definition) is 5. The normalized spacial score (nSPS) is 10.1. The minimum atomic E-state index is -1.02. The van der Waals surface area contributed by atoms with Crippen molar-refractivity contribution in [2.45, 2.75) is 12.8 Å². The Labute approximate surface area is 108 Å². The van der Waals surface area contributed by atoms with Crippen LogP contribution in [0.5, 0.6) is 0 Å². The van der Waals surface area contributed by atoms with Gasteiger partial charge >= 0.3 is 5.97 Å². The molecule has 0 aliphatic carbocycles. The summed E-state index contributed by atoms with van der Waals surface area (Å²) in [7, 11) is 0. The highest BCUT2D eigenvalue weighted by atomic mass is 16.4. The van der Waals surface area contributed by atoms with E-state index in [1.165, 1.54) is 17.3 Å². The average molecular weight is 261 g/mol. The molecule has 0 fully saturated rings. The summed E-state index contributed by atoms with van der Waals surface area (Å²) in [6, 6.07) is 3.32. The maximum absolute atomic E-state index is 11.6. The van der Waals surface area contributed by atoms with Crippen molar-refractivity contribution in [2.75, 3.05) is 5.32 Å². The molecule has 1 amide bonds. The van der Waals surface area contributed by atoms with E-state index in [0.29, 0.717) is 11.5 Å². The van der Waals surface area contributed by atoms with Gasteiger partial charge in [-0.2, -0.15) is 5.10 Å². The number of carbonyl (C=O) groups excluding carboxylic acids is 1. The molecule has 0 aromatic carbocycles. The molecule has 0 unspecified atom stereocenters. The summed E-state index contributed by atoms with van der Waals surface area (Å²) in [6.07, 6.45) is 4.05. The lowest BCUT2D eigenvalue weighted by atomic mass is 10.3. The molecule has 0 atom stereocenters. The molecule has 0 saturated carbocycles. The molecule has 2 aromatic heterocycles. The van der Waals surface area contributed by atoms with Gasteiger partial charge in [0.1, 0.15) is 12.7 Å². The lowest BCUT2D eigenvalue weighted by molar-refractivity contribution is -0.138. The molecule has 2 aromatic rings. The Morgan fingerprint density at radius 3 is 2.89 bits per heavy atom. The van der Waals surface area contributed by atoms with E-state index in [2.05, 4.69) is 20.4 Å². The molecule has 8 heteroatoms. The number of nitrogens with zero attached hydrogens (tertiary/aromatic N) is 4. The molecule has 98 valence electrons. The quantitative estimate of drug-likeness (QED) is 0.809. The number of carboxylic acid groups (broad SMARTS) is 1. The summed E-state index contributed by atoms with van der Waals surface area (Å²) in [5.41, 5.74) is 0.448. The number of pyridine rings is 1. The molecular formula is C11H11N5O3. The van der Waals surface area contributed by atoms with Crippen LogP contribution in [0.4, 0.5) is 5.69 Å². The SMILES string of the molecule is O=C(O)CCC(=O)Nc1cccnc1-n1cncn1. The third kappa shape index (κ3) is 3.35. The van der Waals surface area contributed by atoms with Crippen molar-refractivity contribution >= 4 is 17.6 Å². The highest BCUT2D eigenvalue weighted by Crippen LogP contribution is 2.15. The largest absolute Gasteiger partial charge is 0.481 e. The van der Waals surface area contributed by atoms with Crippen LogP contribution in [0.2, 0.25) is 0 Å². The zero-order chi connectivity index (χ0) is 13.7. The van der Waals surface area contributed by atoms with Gasteiger partial charge in [0.25, 0.3) is 0 Å². The zero-order valence-electron chi connectivity index (χ0n) is 9.85. The summed E-state index contributed by atoms with van der Waals surface area (Å²) in [5, 5.41) is 15.0. The number of rotatable bonds is 5. The van der Waals surface area contributed by atoms with Gasteiger partial charge in [0.15, 0.2) is 5.82 Å². The Bertz CT molecular complexity index is 582. The molecule has 0 saturated heterocycles. The lowest BCUT2D eigenvalue weighted by Gasteiger charge is -2.08. The van der Waals surface area contributed by atoms with E-state index >= 15 is 0 Å². The van der Waals surface area contributed by atoms with Crippen LogP contribution < -0.4 is 5.32 Å². The van der Waals surface area contributed by atoms with Crippen molar-refractivity contribution in [1.82, 2.24) is 19.7 Å². The predicted octanol–water partition coefficient (Wildman–Crippen LogP) is 0.466. The Hall–Kier alpha value is -2.77. The smallest absolute Gasteiger partial charge is 0.303 e. The van der Waals surface area contributed by atoms with Crippen LogP contribution in [0.1, 0.15) is 12.8 Å². The van der Waals surface area contributed by atoms with E-state index in [1.807, 2.05) is 0 Å². The summed E-state index contributed by atoms with van der Waals surface area (Å²) in [5.74, 6) is -0.988. The van der Waals surface area contributed by atoms with Crippen molar-refractivity contribution in [1.29, 1.82) is 0 Å². The minimum absolute atomic E-state index is 0.0962. The number of nitrogens with one attached hydrogen (secondary N) is 1. The molecule has 19 heavy (non-hydrogen) atoms. The fourth-order valence-corrected chi connectivity index (χ4v) is 1.43. The molecule has 0 bridgehead atoms. The van der Waals surface area contributed by atoms with E-state index < -0.39 is 11.9 Å². The molecule has 0 spiro atoms. The number of anilines is 1. The second-order valence-electron chi connectivity index (χ2n) is 3.66. The molecule has 0 radical (unpaired) electrons. The summed E-state index contributed by atoms with van der Waals surface area (Å²) in [6.45, 7) is 0. The predicted molar refractivity (Wildman–Crippen MR) is 64.7 cm³/mol. The van der Waals surface area contributed by atoms with Crippen molar-refractivity contribution in [3.63, 3.8) is 0 Å². The van der Waals surface area contributed by atoms with Gasteiger partial charge in [-0.25, -0.2) is 14.6 Å².